The summed E-state index contributed by atoms with van der Waals surface area (Å²) in [5.41, 5.74) is 4.13. The molecule has 118 valence electrons. The van der Waals surface area contributed by atoms with Gasteiger partial charge in [-0.3, -0.25) is 14.4 Å². The van der Waals surface area contributed by atoms with E-state index in [1.54, 1.807) is 0 Å². The Morgan fingerprint density at radius 1 is 1.45 bits per heavy atom. The molecule has 1 aliphatic rings. The van der Waals surface area contributed by atoms with E-state index >= 15 is 0 Å². The van der Waals surface area contributed by atoms with Crippen LogP contribution in [0.1, 0.15) is 28.8 Å². The number of hydrogen-bond acceptors (Lipinski definition) is 4. The number of thiophene rings is 1. The molecule has 0 spiro atoms. The van der Waals surface area contributed by atoms with Crippen molar-refractivity contribution in [2.75, 3.05) is 18.4 Å². The van der Waals surface area contributed by atoms with Gasteiger partial charge in [-0.15, -0.1) is 11.3 Å². The number of aryl methyl sites for hydroxylation is 2. The summed E-state index contributed by atoms with van der Waals surface area (Å²) in [5.74, 6) is 0.0422. The first-order valence-electron chi connectivity index (χ1n) is 7.70. The average Bonchev–Trinajstić information content (AvgIpc) is 3.06. The topological polar surface area (TPSA) is 50.2 Å². The van der Waals surface area contributed by atoms with Crippen LogP contribution in [-0.2, 0) is 24.3 Å². The van der Waals surface area contributed by atoms with Crippen LogP contribution in [0.15, 0.2) is 11.4 Å². The Bertz CT molecular complexity index is 688. The lowest BCUT2D eigenvalue weighted by molar-refractivity contribution is -0.117. The van der Waals surface area contributed by atoms with Gasteiger partial charge in [0.05, 0.1) is 23.6 Å². The molecule has 0 bridgehead atoms. The van der Waals surface area contributed by atoms with E-state index in [4.69, 9.17) is 0 Å². The number of hydrogen-bond donors (Lipinski definition) is 1. The summed E-state index contributed by atoms with van der Waals surface area (Å²) in [5, 5.41) is 9.62. The molecule has 3 rings (SSSR count). The van der Waals surface area contributed by atoms with Crippen molar-refractivity contribution < 1.29 is 4.79 Å². The number of aromatic nitrogens is 2. The lowest BCUT2D eigenvalue weighted by Gasteiger charge is -2.26. The molecule has 1 N–H and O–H groups in total. The fourth-order valence-corrected chi connectivity index (χ4v) is 3.90. The Balaban J connectivity index is 1.63. The fourth-order valence-electron chi connectivity index (χ4n) is 3.01. The third kappa shape index (κ3) is 2.94. The van der Waals surface area contributed by atoms with Crippen molar-refractivity contribution in [3.8, 4) is 0 Å². The highest BCUT2D eigenvalue weighted by molar-refractivity contribution is 7.10. The summed E-state index contributed by atoms with van der Waals surface area (Å²) in [6, 6.07) is 2.17. The lowest BCUT2D eigenvalue weighted by atomic mass is 10.1. The molecule has 2 aromatic rings. The third-order valence-corrected chi connectivity index (χ3v) is 5.22. The summed E-state index contributed by atoms with van der Waals surface area (Å²) < 4.78 is 1.92. The van der Waals surface area contributed by atoms with E-state index in [1.165, 1.54) is 10.4 Å². The Morgan fingerprint density at radius 3 is 3.00 bits per heavy atom. The first kappa shape index (κ1) is 15.2. The third-order valence-electron chi connectivity index (χ3n) is 4.20. The largest absolute Gasteiger partial charge is 0.322 e. The van der Waals surface area contributed by atoms with Crippen molar-refractivity contribution in [2.24, 2.45) is 0 Å². The molecule has 0 atom stereocenters. The molecular formula is C16H22N4OS. The Hall–Kier alpha value is -1.66. The van der Waals surface area contributed by atoms with Crippen molar-refractivity contribution in [3.05, 3.63) is 33.3 Å². The van der Waals surface area contributed by atoms with Crippen LogP contribution in [0, 0.1) is 13.8 Å². The summed E-state index contributed by atoms with van der Waals surface area (Å²) in [6.07, 6.45) is 1.05. The van der Waals surface area contributed by atoms with Crippen LogP contribution in [0.4, 0.5) is 5.69 Å². The number of amides is 1. The SMILES string of the molecule is CCn1nc(C)c(NC(=O)CN2CCc3sccc3C2)c1C. The predicted octanol–water partition coefficient (Wildman–Crippen LogP) is 2.58. The first-order chi connectivity index (χ1) is 10.6. The van der Waals surface area contributed by atoms with Crippen molar-refractivity contribution in [1.82, 2.24) is 14.7 Å². The van der Waals surface area contributed by atoms with E-state index in [0.717, 1.165) is 43.1 Å². The van der Waals surface area contributed by atoms with Gasteiger partial charge in [0, 0.05) is 24.5 Å². The maximum atomic E-state index is 12.3. The highest BCUT2D eigenvalue weighted by Gasteiger charge is 2.20. The molecule has 0 saturated heterocycles. The average molecular weight is 318 g/mol. The van der Waals surface area contributed by atoms with Crippen LogP contribution >= 0.6 is 11.3 Å². The maximum Gasteiger partial charge on any atom is 0.238 e. The van der Waals surface area contributed by atoms with E-state index in [1.807, 2.05) is 29.9 Å². The van der Waals surface area contributed by atoms with Gasteiger partial charge in [-0.2, -0.15) is 5.10 Å². The molecule has 0 aromatic carbocycles. The summed E-state index contributed by atoms with van der Waals surface area (Å²) in [7, 11) is 0. The van der Waals surface area contributed by atoms with Crippen LogP contribution in [0.2, 0.25) is 0 Å². The number of fused-ring (bicyclic) bond motifs is 1. The molecule has 22 heavy (non-hydrogen) atoms. The summed E-state index contributed by atoms with van der Waals surface area (Å²) in [6.45, 7) is 9.06. The number of anilines is 1. The lowest BCUT2D eigenvalue weighted by Crippen LogP contribution is -2.36. The standard InChI is InChI=1S/C16H22N4OS/c1-4-20-12(3)16(11(2)18-20)17-15(21)10-19-7-5-14-13(9-19)6-8-22-14/h6,8H,4-5,7,9-10H2,1-3H3,(H,17,21). The second kappa shape index (κ2) is 6.22. The smallest absolute Gasteiger partial charge is 0.238 e. The molecule has 0 fully saturated rings. The highest BCUT2D eigenvalue weighted by Crippen LogP contribution is 2.24. The zero-order chi connectivity index (χ0) is 15.7. The van der Waals surface area contributed by atoms with Gasteiger partial charge < -0.3 is 5.32 Å². The molecule has 2 aromatic heterocycles. The maximum absolute atomic E-state index is 12.3. The van der Waals surface area contributed by atoms with Gasteiger partial charge in [0.25, 0.3) is 0 Å². The molecule has 3 heterocycles. The van der Waals surface area contributed by atoms with Crippen molar-refractivity contribution in [3.63, 3.8) is 0 Å². The van der Waals surface area contributed by atoms with Gasteiger partial charge in [-0.05, 0) is 44.2 Å². The molecule has 5 nitrogen and oxygen atoms in total. The molecular weight excluding hydrogens is 296 g/mol. The van der Waals surface area contributed by atoms with E-state index < -0.39 is 0 Å². The monoisotopic (exact) mass is 318 g/mol. The van der Waals surface area contributed by atoms with Gasteiger partial charge in [0.2, 0.25) is 5.91 Å². The highest BCUT2D eigenvalue weighted by atomic mass is 32.1. The molecule has 0 saturated carbocycles. The van der Waals surface area contributed by atoms with Gasteiger partial charge in [0.15, 0.2) is 0 Å². The minimum atomic E-state index is 0.0422. The predicted molar refractivity (Wildman–Crippen MR) is 89.3 cm³/mol. The zero-order valence-electron chi connectivity index (χ0n) is 13.3. The number of carbonyl (C=O) groups excluding carboxylic acids is 1. The summed E-state index contributed by atoms with van der Waals surface area (Å²) >= 11 is 1.82. The minimum absolute atomic E-state index is 0.0422. The Morgan fingerprint density at radius 2 is 2.27 bits per heavy atom. The molecule has 0 aliphatic carbocycles. The van der Waals surface area contributed by atoms with E-state index in [2.05, 4.69) is 33.7 Å². The van der Waals surface area contributed by atoms with Crippen molar-refractivity contribution >= 4 is 22.9 Å². The minimum Gasteiger partial charge on any atom is -0.322 e. The van der Waals surface area contributed by atoms with Crippen LogP contribution in [0.25, 0.3) is 0 Å². The fraction of sp³-hybridized carbons (Fsp3) is 0.500. The van der Waals surface area contributed by atoms with Gasteiger partial charge in [0.1, 0.15) is 0 Å². The van der Waals surface area contributed by atoms with Crippen LogP contribution in [0.3, 0.4) is 0 Å². The first-order valence-corrected chi connectivity index (χ1v) is 8.58. The van der Waals surface area contributed by atoms with Crippen LogP contribution < -0.4 is 5.32 Å². The van der Waals surface area contributed by atoms with Crippen LogP contribution in [0.5, 0.6) is 0 Å². The van der Waals surface area contributed by atoms with Gasteiger partial charge in [-0.1, -0.05) is 0 Å². The Kier molecular flexibility index (Phi) is 4.31. The Labute approximate surface area is 134 Å². The van der Waals surface area contributed by atoms with Crippen molar-refractivity contribution in [2.45, 2.75) is 40.3 Å². The van der Waals surface area contributed by atoms with E-state index in [9.17, 15) is 4.79 Å². The van der Waals surface area contributed by atoms with E-state index in [0.29, 0.717) is 6.54 Å². The van der Waals surface area contributed by atoms with Gasteiger partial charge >= 0.3 is 0 Å². The molecule has 1 amide bonds. The van der Waals surface area contributed by atoms with Crippen LogP contribution in [-0.4, -0.2) is 33.7 Å². The van der Waals surface area contributed by atoms with E-state index in [-0.39, 0.29) is 5.91 Å². The van der Waals surface area contributed by atoms with Crippen molar-refractivity contribution in [1.29, 1.82) is 0 Å². The molecule has 0 unspecified atom stereocenters. The molecule has 0 radical (unpaired) electrons. The zero-order valence-corrected chi connectivity index (χ0v) is 14.2. The number of carbonyl (C=O) groups is 1. The second-order valence-electron chi connectivity index (χ2n) is 5.74. The van der Waals surface area contributed by atoms with Gasteiger partial charge in [-0.25, -0.2) is 0 Å². The number of nitrogens with one attached hydrogen (secondary N) is 1. The summed E-state index contributed by atoms with van der Waals surface area (Å²) in [4.78, 5) is 16.0. The number of rotatable bonds is 4. The quantitative estimate of drug-likeness (QED) is 0.942. The normalized spacial score (nSPS) is 14.9. The number of nitrogens with zero attached hydrogens (tertiary/aromatic N) is 3. The molecule has 1 aliphatic heterocycles. The molecule has 6 heteroatoms. The second-order valence-corrected chi connectivity index (χ2v) is 6.74.